The lowest BCUT2D eigenvalue weighted by Crippen LogP contribution is -2.49. The van der Waals surface area contributed by atoms with Gasteiger partial charge in [0.15, 0.2) is 11.6 Å². The van der Waals surface area contributed by atoms with Crippen molar-refractivity contribution in [1.82, 2.24) is 14.9 Å². The molecule has 1 aromatic carbocycles. The van der Waals surface area contributed by atoms with Crippen LogP contribution in [0, 0.1) is 0 Å². The number of nitrogen functional groups attached to an aromatic ring is 1. The van der Waals surface area contributed by atoms with Gasteiger partial charge >= 0.3 is 6.09 Å². The molecule has 1 saturated heterocycles. The van der Waals surface area contributed by atoms with E-state index in [0.29, 0.717) is 50.1 Å². The van der Waals surface area contributed by atoms with Crippen LogP contribution in [0.1, 0.15) is 6.92 Å². The fourth-order valence-corrected chi connectivity index (χ4v) is 2.71. The molecule has 3 N–H and O–H groups in total. The fraction of sp³-hybridized carbons (Fsp3) is 0.353. The summed E-state index contributed by atoms with van der Waals surface area (Å²) in [5, 5.41) is 3.21. The molecule has 3 rings (SSSR count). The molecule has 1 amide bonds. The number of nitrogens with one attached hydrogen (secondary N) is 1. The number of carbonyl (C=O) groups excluding carboxylic acids is 1. The van der Waals surface area contributed by atoms with Gasteiger partial charge in [0, 0.05) is 31.9 Å². The number of nitrogens with two attached hydrogens (primary N) is 1. The molecule has 0 spiro atoms. The van der Waals surface area contributed by atoms with E-state index in [1.807, 2.05) is 30.3 Å². The Morgan fingerprint density at radius 2 is 1.92 bits per heavy atom. The highest BCUT2D eigenvalue weighted by Gasteiger charge is 2.24. The molecule has 0 unspecified atom stereocenters. The molecule has 25 heavy (non-hydrogen) atoms. The number of hydrogen-bond donors (Lipinski definition) is 2. The quantitative estimate of drug-likeness (QED) is 0.878. The number of anilines is 4. The molecular weight excluding hydrogens is 320 g/mol. The Morgan fingerprint density at radius 3 is 2.60 bits per heavy atom. The maximum Gasteiger partial charge on any atom is 0.409 e. The van der Waals surface area contributed by atoms with Crippen molar-refractivity contribution in [3.63, 3.8) is 0 Å². The lowest BCUT2D eigenvalue weighted by Gasteiger charge is -2.35. The molecule has 0 aliphatic carbocycles. The summed E-state index contributed by atoms with van der Waals surface area (Å²) in [6.45, 7) is 4.62. The zero-order valence-electron chi connectivity index (χ0n) is 14.2. The van der Waals surface area contributed by atoms with E-state index < -0.39 is 0 Å². The summed E-state index contributed by atoms with van der Waals surface area (Å²) in [4.78, 5) is 24.1. The molecule has 0 saturated carbocycles. The van der Waals surface area contributed by atoms with Crippen LogP contribution in [-0.2, 0) is 4.74 Å². The lowest BCUT2D eigenvalue weighted by atomic mass is 10.3. The third kappa shape index (κ3) is 3.90. The van der Waals surface area contributed by atoms with E-state index in [0.717, 1.165) is 5.69 Å². The van der Waals surface area contributed by atoms with Crippen LogP contribution in [0.4, 0.5) is 27.8 Å². The molecule has 1 aromatic heterocycles. The average Bonchev–Trinajstić information content (AvgIpc) is 2.65. The third-order valence-electron chi connectivity index (χ3n) is 4.00. The second kappa shape index (κ2) is 7.69. The number of nitrogens with zero attached hydrogens (tertiary/aromatic N) is 4. The molecule has 8 heteroatoms. The van der Waals surface area contributed by atoms with Gasteiger partial charge in [0.05, 0.1) is 6.61 Å². The number of carbonyl (C=O) groups is 1. The van der Waals surface area contributed by atoms with Crippen molar-refractivity contribution in [2.24, 2.45) is 0 Å². The van der Waals surface area contributed by atoms with E-state index in [4.69, 9.17) is 10.5 Å². The third-order valence-corrected chi connectivity index (χ3v) is 4.00. The molecule has 2 aromatic rings. The summed E-state index contributed by atoms with van der Waals surface area (Å²) in [6.07, 6.45) is 1.22. The predicted octanol–water partition coefficient (Wildman–Crippen LogP) is 2.08. The highest BCUT2D eigenvalue weighted by Crippen LogP contribution is 2.29. The summed E-state index contributed by atoms with van der Waals surface area (Å²) < 4.78 is 5.04. The van der Waals surface area contributed by atoms with Crippen molar-refractivity contribution in [2.45, 2.75) is 6.92 Å². The molecule has 0 bridgehead atoms. The summed E-state index contributed by atoms with van der Waals surface area (Å²) in [5.74, 6) is 1.25. The van der Waals surface area contributed by atoms with E-state index >= 15 is 0 Å². The van der Waals surface area contributed by atoms with Gasteiger partial charge in [0.2, 0.25) is 0 Å². The summed E-state index contributed by atoms with van der Waals surface area (Å²) in [7, 11) is 0. The van der Waals surface area contributed by atoms with Gasteiger partial charge in [0.25, 0.3) is 0 Å². The van der Waals surface area contributed by atoms with E-state index in [1.165, 1.54) is 6.33 Å². The van der Waals surface area contributed by atoms with Crippen molar-refractivity contribution in [2.75, 3.05) is 48.7 Å². The van der Waals surface area contributed by atoms with Gasteiger partial charge in [-0.3, -0.25) is 0 Å². The molecule has 2 heterocycles. The van der Waals surface area contributed by atoms with E-state index in [-0.39, 0.29) is 6.09 Å². The van der Waals surface area contributed by atoms with Gasteiger partial charge in [-0.05, 0) is 19.1 Å². The first-order chi connectivity index (χ1) is 12.2. The number of ether oxygens (including phenoxy) is 1. The van der Waals surface area contributed by atoms with Gasteiger partial charge in [-0.1, -0.05) is 18.2 Å². The minimum Gasteiger partial charge on any atom is -0.450 e. The van der Waals surface area contributed by atoms with Crippen molar-refractivity contribution in [1.29, 1.82) is 0 Å². The molecule has 1 aliphatic heterocycles. The van der Waals surface area contributed by atoms with Crippen LogP contribution in [0.15, 0.2) is 36.7 Å². The molecule has 132 valence electrons. The number of aromatic nitrogens is 2. The van der Waals surface area contributed by atoms with Gasteiger partial charge in [-0.25, -0.2) is 14.8 Å². The second-order valence-electron chi connectivity index (χ2n) is 5.62. The molecule has 1 aliphatic rings. The first-order valence-electron chi connectivity index (χ1n) is 8.28. The SMILES string of the molecule is CCOC(=O)N1CCN(c2ncnc(Nc3ccccc3)c2N)CC1. The van der Waals surface area contributed by atoms with Gasteiger partial charge in [0.1, 0.15) is 12.0 Å². The van der Waals surface area contributed by atoms with E-state index in [1.54, 1.807) is 11.8 Å². The largest absolute Gasteiger partial charge is 0.450 e. The summed E-state index contributed by atoms with van der Waals surface area (Å²) in [6, 6.07) is 9.71. The first kappa shape index (κ1) is 16.8. The minimum atomic E-state index is -0.274. The predicted molar refractivity (Wildman–Crippen MR) is 97.0 cm³/mol. The molecule has 0 atom stereocenters. The highest BCUT2D eigenvalue weighted by molar-refractivity contribution is 5.78. The molecule has 8 nitrogen and oxygen atoms in total. The number of rotatable bonds is 4. The van der Waals surface area contributed by atoms with Crippen LogP contribution in [0.3, 0.4) is 0 Å². The summed E-state index contributed by atoms with van der Waals surface area (Å²) >= 11 is 0. The van der Waals surface area contributed by atoms with Crippen molar-refractivity contribution >= 4 is 29.1 Å². The van der Waals surface area contributed by atoms with Crippen molar-refractivity contribution in [3.8, 4) is 0 Å². The number of amides is 1. The Labute approximate surface area is 146 Å². The number of benzene rings is 1. The standard InChI is InChI=1S/C17H22N6O2/c1-2-25-17(24)23-10-8-22(9-11-23)16-14(18)15(19-12-20-16)21-13-6-4-3-5-7-13/h3-7,12H,2,8-11,18H2,1H3,(H,19,20,21). The minimum absolute atomic E-state index is 0.274. The second-order valence-corrected chi connectivity index (χ2v) is 5.62. The Kier molecular flexibility index (Phi) is 5.17. The first-order valence-corrected chi connectivity index (χ1v) is 8.28. The van der Waals surface area contributed by atoms with Gasteiger partial charge in [-0.2, -0.15) is 0 Å². The Balaban J connectivity index is 1.69. The van der Waals surface area contributed by atoms with Crippen molar-refractivity contribution in [3.05, 3.63) is 36.7 Å². The summed E-state index contributed by atoms with van der Waals surface area (Å²) in [5.41, 5.74) is 7.67. The van der Waals surface area contributed by atoms with Crippen molar-refractivity contribution < 1.29 is 9.53 Å². The Hall–Kier alpha value is -3.03. The number of hydrogen-bond acceptors (Lipinski definition) is 7. The zero-order valence-corrected chi connectivity index (χ0v) is 14.2. The van der Waals surface area contributed by atoms with Gasteiger partial charge in [-0.15, -0.1) is 0 Å². The number of piperazine rings is 1. The van der Waals surface area contributed by atoms with E-state index in [9.17, 15) is 4.79 Å². The van der Waals surface area contributed by atoms with Crippen LogP contribution < -0.4 is 16.0 Å². The fourth-order valence-electron chi connectivity index (χ4n) is 2.71. The van der Waals surface area contributed by atoms with Crippen LogP contribution in [-0.4, -0.2) is 53.7 Å². The monoisotopic (exact) mass is 342 g/mol. The van der Waals surface area contributed by atoms with Crippen LogP contribution in [0.25, 0.3) is 0 Å². The Morgan fingerprint density at radius 1 is 1.20 bits per heavy atom. The zero-order chi connectivity index (χ0) is 17.6. The smallest absolute Gasteiger partial charge is 0.409 e. The normalized spacial score (nSPS) is 14.3. The maximum atomic E-state index is 11.8. The highest BCUT2D eigenvalue weighted by atomic mass is 16.6. The Bertz CT molecular complexity index is 716. The topological polar surface area (TPSA) is 96.6 Å². The van der Waals surface area contributed by atoms with Crippen LogP contribution >= 0.6 is 0 Å². The maximum absolute atomic E-state index is 11.8. The molecule has 0 radical (unpaired) electrons. The number of para-hydroxylation sites is 1. The van der Waals surface area contributed by atoms with Gasteiger partial charge < -0.3 is 25.6 Å². The average molecular weight is 342 g/mol. The molecule has 1 fully saturated rings. The van der Waals surface area contributed by atoms with Crippen LogP contribution in [0.5, 0.6) is 0 Å². The lowest BCUT2D eigenvalue weighted by molar-refractivity contribution is 0.105. The molecular formula is C17H22N6O2. The van der Waals surface area contributed by atoms with E-state index in [2.05, 4.69) is 20.2 Å². The van der Waals surface area contributed by atoms with Crippen LogP contribution in [0.2, 0.25) is 0 Å².